The molecule has 0 aromatic heterocycles. The summed E-state index contributed by atoms with van der Waals surface area (Å²) in [5, 5.41) is 10.6. The van der Waals surface area contributed by atoms with Gasteiger partial charge in [-0.1, -0.05) is 35.8 Å². The van der Waals surface area contributed by atoms with Crippen LogP contribution in [-0.4, -0.2) is 11.0 Å². The molecule has 0 aliphatic heterocycles. The summed E-state index contributed by atoms with van der Waals surface area (Å²) >= 11 is 3.35. The molecule has 94 valence electrons. The summed E-state index contributed by atoms with van der Waals surface area (Å²) < 4.78 is 0.755. The molecule has 0 spiro atoms. The molecule has 5 heteroatoms. The van der Waals surface area contributed by atoms with E-state index in [2.05, 4.69) is 29.8 Å². The van der Waals surface area contributed by atoms with Crippen molar-refractivity contribution in [2.75, 3.05) is 0 Å². The summed E-state index contributed by atoms with van der Waals surface area (Å²) in [6, 6.07) is 4.90. The van der Waals surface area contributed by atoms with Crippen molar-refractivity contribution in [3.8, 4) is 0 Å². The first-order chi connectivity index (χ1) is 7.90. The Balaban J connectivity index is 2.75. The fraction of sp³-hybridized carbons (Fsp3) is 0.500. The van der Waals surface area contributed by atoms with Crippen molar-refractivity contribution in [3.05, 3.63) is 38.3 Å². The van der Waals surface area contributed by atoms with Gasteiger partial charge in [0.2, 0.25) is 0 Å². The molecule has 0 aliphatic carbocycles. The van der Waals surface area contributed by atoms with E-state index in [1.54, 1.807) is 6.07 Å². The molecule has 0 radical (unpaired) electrons. The molecule has 0 amide bonds. The predicted molar refractivity (Wildman–Crippen MR) is 71.9 cm³/mol. The number of nitro benzene ring substituents is 1. The molecular weight excluding hydrogens is 284 g/mol. The van der Waals surface area contributed by atoms with Gasteiger partial charge in [-0.3, -0.25) is 10.1 Å². The quantitative estimate of drug-likeness (QED) is 0.670. The van der Waals surface area contributed by atoms with Crippen LogP contribution in [0.25, 0.3) is 0 Å². The van der Waals surface area contributed by atoms with Crippen molar-refractivity contribution in [1.82, 2.24) is 0 Å². The third-order valence-electron chi connectivity index (χ3n) is 2.50. The number of nitrogens with zero attached hydrogens (tertiary/aromatic N) is 1. The fourth-order valence-corrected chi connectivity index (χ4v) is 2.32. The van der Waals surface area contributed by atoms with E-state index in [9.17, 15) is 10.1 Å². The highest BCUT2D eigenvalue weighted by atomic mass is 79.9. The molecule has 2 N–H and O–H groups in total. The number of nitro groups is 1. The summed E-state index contributed by atoms with van der Waals surface area (Å²) in [6.07, 6.45) is 1.68. The standard InChI is InChI=1S/C12H17BrN2O2/c1-8(2)5-10(14)6-9-3-4-11(15(16)17)7-12(9)13/h3-4,7-8,10H,5-6,14H2,1-2H3. The lowest BCUT2D eigenvalue weighted by Gasteiger charge is -2.14. The van der Waals surface area contributed by atoms with Crippen LogP contribution < -0.4 is 5.73 Å². The molecule has 0 aliphatic rings. The Kier molecular flexibility index (Phi) is 5.08. The number of benzene rings is 1. The van der Waals surface area contributed by atoms with Gasteiger partial charge in [0.15, 0.2) is 0 Å². The Morgan fingerprint density at radius 2 is 2.12 bits per heavy atom. The number of hydrogen-bond donors (Lipinski definition) is 1. The zero-order valence-corrected chi connectivity index (χ0v) is 11.6. The first-order valence-electron chi connectivity index (χ1n) is 5.58. The van der Waals surface area contributed by atoms with Crippen molar-refractivity contribution in [3.63, 3.8) is 0 Å². The summed E-state index contributed by atoms with van der Waals surface area (Å²) in [5.41, 5.74) is 7.13. The molecule has 1 aromatic carbocycles. The van der Waals surface area contributed by atoms with E-state index >= 15 is 0 Å². The van der Waals surface area contributed by atoms with Gasteiger partial charge in [0, 0.05) is 22.6 Å². The maximum atomic E-state index is 10.6. The molecule has 1 rings (SSSR count). The van der Waals surface area contributed by atoms with Crippen molar-refractivity contribution >= 4 is 21.6 Å². The van der Waals surface area contributed by atoms with Gasteiger partial charge in [0.05, 0.1) is 4.92 Å². The highest BCUT2D eigenvalue weighted by molar-refractivity contribution is 9.10. The second-order valence-corrected chi connectivity index (χ2v) is 5.48. The lowest BCUT2D eigenvalue weighted by Crippen LogP contribution is -2.24. The largest absolute Gasteiger partial charge is 0.327 e. The molecule has 1 atom stereocenters. The predicted octanol–water partition coefficient (Wildman–Crippen LogP) is 3.27. The summed E-state index contributed by atoms with van der Waals surface area (Å²) in [4.78, 5) is 10.2. The van der Waals surface area contributed by atoms with E-state index in [0.717, 1.165) is 22.9 Å². The molecule has 1 aromatic rings. The van der Waals surface area contributed by atoms with E-state index in [0.29, 0.717) is 5.92 Å². The van der Waals surface area contributed by atoms with E-state index < -0.39 is 4.92 Å². The average molecular weight is 301 g/mol. The van der Waals surface area contributed by atoms with Crippen molar-refractivity contribution in [2.24, 2.45) is 11.7 Å². The average Bonchev–Trinajstić information content (AvgIpc) is 2.19. The van der Waals surface area contributed by atoms with E-state index in [4.69, 9.17) is 5.73 Å². The van der Waals surface area contributed by atoms with Crippen molar-refractivity contribution in [1.29, 1.82) is 0 Å². The van der Waals surface area contributed by atoms with E-state index in [1.807, 2.05) is 0 Å². The molecule has 0 bridgehead atoms. The molecule has 1 unspecified atom stereocenters. The minimum atomic E-state index is -0.400. The first kappa shape index (κ1) is 14.1. The highest BCUT2D eigenvalue weighted by Gasteiger charge is 2.12. The Labute approximate surface area is 109 Å². The summed E-state index contributed by atoms with van der Waals surface area (Å²) in [6.45, 7) is 4.26. The Bertz CT molecular complexity index is 407. The maximum absolute atomic E-state index is 10.6. The SMILES string of the molecule is CC(C)CC(N)Cc1ccc([N+](=O)[O-])cc1Br. The maximum Gasteiger partial charge on any atom is 0.270 e. The van der Waals surface area contributed by atoms with E-state index in [1.165, 1.54) is 12.1 Å². The number of non-ortho nitro benzene ring substituents is 1. The highest BCUT2D eigenvalue weighted by Crippen LogP contribution is 2.24. The number of hydrogen-bond acceptors (Lipinski definition) is 3. The summed E-state index contributed by atoms with van der Waals surface area (Å²) in [7, 11) is 0. The molecule has 4 nitrogen and oxygen atoms in total. The van der Waals surface area contributed by atoms with Crippen LogP contribution >= 0.6 is 15.9 Å². The van der Waals surface area contributed by atoms with Crippen LogP contribution in [0.2, 0.25) is 0 Å². The Morgan fingerprint density at radius 1 is 1.47 bits per heavy atom. The molecule has 0 heterocycles. The van der Waals surface area contributed by atoms with Crippen LogP contribution in [0.15, 0.2) is 22.7 Å². The zero-order valence-electron chi connectivity index (χ0n) is 10.0. The Hall–Kier alpha value is -0.940. The molecule has 0 fully saturated rings. The van der Waals surface area contributed by atoms with Crippen LogP contribution in [0, 0.1) is 16.0 Å². The van der Waals surface area contributed by atoms with Crippen LogP contribution in [-0.2, 0) is 6.42 Å². The van der Waals surface area contributed by atoms with E-state index in [-0.39, 0.29) is 11.7 Å². The molecular formula is C12H17BrN2O2. The molecule has 0 saturated carbocycles. The van der Waals surface area contributed by atoms with Crippen LogP contribution in [0.1, 0.15) is 25.8 Å². The van der Waals surface area contributed by atoms with Crippen LogP contribution in [0.5, 0.6) is 0 Å². The Morgan fingerprint density at radius 3 is 2.59 bits per heavy atom. The van der Waals surface area contributed by atoms with Crippen molar-refractivity contribution in [2.45, 2.75) is 32.7 Å². The normalized spacial score (nSPS) is 12.8. The van der Waals surface area contributed by atoms with Gasteiger partial charge in [-0.25, -0.2) is 0 Å². The number of halogens is 1. The minimum Gasteiger partial charge on any atom is -0.327 e. The minimum absolute atomic E-state index is 0.0905. The van der Waals surface area contributed by atoms with Gasteiger partial charge >= 0.3 is 0 Å². The topological polar surface area (TPSA) is 69.2 Å². The van der Waals surface area contributed by atoms with Gasteiger partial charge in [-0.05, 0) is 24.3 Å². The van der Waals surface area contributed by atoms with Gasteiger partial charge in [0.25, 0.3) is 5.69 Å². The molecule has 17 heavy (non-hydrogen) atoms. The van der Waals surface area contributed by atoms with Crippen LogP contribution in [0.4, 0.5) is 5.69 Å². The summed E-state index contributed by atoms with van der Waals surface area (Å²) in [5.74, 6) is 0.557. The van der Waals surface area contributed by atoms with Gasteiger partial charge in [0.1, 0.15) is 0 Å². The molecule has 0 saturated heterocycles. The lowest BCUT2D eigenvalue weighted by atomic mass is 9.98. The second-order valence-electron chi connectivity index (χ2n) is 4.63. The first-order valence-corrected chi connectivity index (χ1v) is 6.38. The van der Waals surface area contributed by atoms with Crippen molar-refractivity contribution < 1.29 is 4.92 Å². The number of nitrogens with two attached hydrogens (primary N) is 1. The van der Waals surface area contributed by atoms with Crippen LogP contribution in [0.3, 0.4) is 0 Å². The second kappa shape index (κ2) is 6.12. The zero-order chi connectivity index (χ0) is 13.0. The van der Waals surface area contributed by atoms with Gasteiger partial charge in [-0.15, -0.1) is 0 Å². The fourth-order valence-electron chi connectivity index (χ4n) is 1.79. The van der Waals surface area contributed by atoms with Gasteiger partial charge in [-0.2, -0.15) is 0 Å². The third kappa shape index (κ3) is 4.44. The number of rotatable bonds is 5. The monoisotopic (exact) mass is 300 g/mol. The third-order valence-corrected chi connectivity index (χ3v) is 3.24. The van der Waals surface area contributed by atoms with Gasteiger partial charge < -0.3 is 5.73 Å². The lowest BCUT2D eigenvalue weighted by molar-refractivity contribution is -0.384. The smallest absolute Gasteiger partial charge is 0.270 e.